The molecule has 1 aliphatic carbocycles. The molecule has 1 aromatic heterocycles. The molecule has 1 saturated carbocycles. The Hall–Kier alpha value is -3.31. The number of pyridine rings is 1. The molecule has 4 rings (SSSR count). The van der Waals surface area contributed by atoms with Gasteiger partial charge in [0.25, 0.3) is 0 Å². The Labute approximate surface area is 238 Å². The van der Waals surface area contributed by atoms with Crippen molar-refractivity contribution in [2.75, 3.05) is 17.3 Å². The highest BCUT2D eigenvalue weighted by molar-refractivity contribution is 6.33. The average Bonchev–Trinajstić information content (AvgIpc) is 3.30. The number of nitrogens with zero attached hydrogens (tertiary/aromatic N) is 2. The Kier molecular flexibility index (Phi) is 8.35. The minimum Gasteiger partial charge on any atom is -0.391 e. The van der Waals surface area contributed by atoms with Crippen molar-refractivity contribution in [1.29, 1.82) is 0 Å². The lowest BCUT2D eigenvalue weighted by molar-refractivity contribution is -0.143. The van der Waals surface area contributed by atoms with E-state index in [2.05, 4.69) is 10.3 Å². The normalized spacial score (nSPS) is 17.9. The largest absolute Gasteiger partial charge is 0.416 e. The third-order valence-electron chi connectivity index (χ3n) is 7.37. The highest BCUT2D eigenvalue weighted by atomic mass is 35.5. The summed E-state index contributed by atoms with van der Waals surface area (Å²) in [6.45, 7) is 2.53. The zero-order valence-electron chi connectivity index (χ0n) is 22.4. The summed E-state index contributed by atoms with van der Waals surface area (Å²) in [6, 6.07) is 9.36. The first-order chi connectivity index (χ1) is 19.0. The average molecular weight is 600 g/mol. The molecule has 0 aliphatic heterocycles. The summed E-state index contributed by atoms with van der Waals surface area (Å²) in [5.74, 6) is -0.366. The van der Waals surface area contributed by atoms with Crippen molar-refractivity contribution in [2.24, 2.45) is 0 Å². The molecule has 5 nitrogen and oxygen atoms in total. The molecule has 1 amide bonds. The number of anilines is 2. The van der Waals surface area contributed by atoms with Crippen molar-refractivity contribution >= 4 is 29.0 Å². The van der Waals surface area contributed by atoms with Gasteiger partial charge in [0.2, 0.25) is 5.91 Å². The molecule has 0 spiro atoms. The second kappa shape index (κ2) is 11.2. The number of likely N-dealkylation sites (N-methyl/N-ethyl adjacent to an activating group) is 1. The Bertz CT molecular complexity index is 1410. The number of alkyl halides is 6. The van der Waals surface area contributed by atoms with Gasteiger partial charge < -0.3 is 15.3 Å². The van der Waals surface area contributed by atoms with E-state index in [4.69, 9.17) is 11.6 Å². The van der Waals surface area contributed by atoms with E-state index in [1.807, 2.05) is 0 Å². The number of aliphatic hydroxyl groups is 1. The third kappa shape index (κ3) is 6.46. The number of amides is 1. The smallest absolute Gasteiger partial charge is 0.391 e. The number of aromatic nitrogens is 1. The van der Waals surface area contributed by atoms with Gasteiger partial charge in [0, 0.05) is 23.2 Å². The SMILES string of the molecule is CN(C(=O)C(C)(C)c1cc(C(F)(F)F)cc(C(F)(F)F)c1)c1cnc(N[C@@H]2CCC[C@H]2O)cc1-c1ccccc1Cl. The van der Waals surface area contributed by atoms with Crippen LogP contribution in [-0.4, -0.2) is 35.2 Å². The molecule has 0 radical (unpaired) electrons. The van der Waals surface area contributed by atoms with Gasteiger partial charge >= 0.3 is 12.4 Å². The first-order valence-corrected chi connectivity index (χ1v) is 13.2. The zero-order chi connectivity index (χ0) is 30.3. The molecule has 1 heterocycles. The number of benzene rings is 2. The van der Waals surface area contributed by atoms with Crippen LogP contribution in [0.2, 0.25) is 5.02 Å². The highest BCUT2D eigenvalue weighted by Crippen LogP contribution is 2.41. The fraction of sp³-hybridized carbons (Fsp3) is 0.379. The summed E-state index contributed by atoms with van der Waals surface area (Å²) in [5.41, 5.74) is -4.06. The van der Waals surface area contributed by atoms with Gasteiger partial charge in [-0.15, -0.1) is 0 Å². The third-order valence-corrected chi connectivity index (χ3v) is 7.70. The van der Waals surface area contributed by atoms with E-state index in [1.165, 1.54) is 27.1 Å². The van der Waals surface area contributed by atoms with E-state index in [1.54, 1.807) is 30.3 Å². The maximum atomic E-state index is 13.8. The second-order valence-corrected chi connectivity index (χ2v) is 11.0. The Morgan fingerprint density at radius 1 is 0.951 bits per heavy atom. The van der Waals surface area contributed by atoms with Crippen LogP contribution in [-0.2, 0) is 22.6 Å². The number of hydrogen-bond acceptors (Lipinski definition) is 4. The molecular weight excluding hydrogens is 572 g/mol. The first-order valence-electron chi connectivity index (χ1n) is 12.8. The van der Waals surface area contributed by atoms with Crippen molar-refractivity contribution in [3.8, 4) is 11.1 Å². The van der Waals surface area contributed by atoms with E-state index in [-0.39, 0.29) is 17.8 Å². The Morgan fingerprint density at radius 3 is 2.07 bits per heavy atom. The van der Waals surface area contributed by atoms with Gasteiger partial charge in [-0.3, -0.25) is 4.79 Å². The number of rotatable bonds is 6. The van der Waals surface area contributed by atoms with E-state index in [0.717, 1.165) is 17.7 Å². The fourth-order valence-electron chi connectivity index (χ4n) is 4.96. The van der Waals surface area contributed by atoms with Crippen LogP contribution in [0.15, 0.2) is 54.7 Å². The number of carbonyl (C=O) groups excluding carboxylic acids is 1. The number of halogens is 7. The van der Waals surface area contributed by atoms with E-state index < -0.39 is 46.5 Å². The predicted octanol–water partition coefficient (Wildman–Crippen LogP) is 7.71. The maximum absolute atomic E-state index is 13.8. The summed E-state index contributed by atoms with van der Waals surface area (Å²) < 4.78 is 81.2. The van der Waals surface area contributed by atoms with Crippen LogP contribution >= 0.6 is 11.6 Å². The standard InChI is InChI=1S/C29H28ClF6N3O2/c1-27(2,16-11-17(28(31,32)33)13-18(12-16)29(34,35)36)26(41)39(3)23-15-37-25(38-22-9-6-10-24(22)40)14-20(23)19-7-4-5-8-21(19)30/h4-5,7-8,11-15,22,24,40H,6,9-10H2,1-3H3,(H,37,38)/t22-,24-/m1/s1. The van der Waals surface area contributed by atoms with Crippen LogP contribution in [0, 0.1) is 0 Å². The molecule has 12 heteroatoms. The summed E-state index contributed by atoms with van der Waals surface area (Å²) in [6.07, 6.45) is -7.08. The summed E-state index contributed by atoms with van der Waals surface area (Å²) in [7, 11) is 1.37. The molecule has 2 aromatic carbocycles. The van der Waals surface area contributed by atoms with E-state index in [0.29, 0.717) is 40.5 Å². The molecular formula is C29H28ClF6N3O2. The van der Waals surface area contributed by atoms with Crippen molar-refractivity contribution in [2.45, 2.75) is 63.0 Å². The van der Waals surface area contributed by atoms with Crippen molar-refractivity contribution in [3.63, 3.8) is 0 Å². The van der Waals surface area contributed by atoms with Crippen molar-refractivity contribution < 1.29 is 36.2 Å². The molecule has 3 aromatic rings. The summed E-state index contributed by atoms with van der Waals surface area (Å²) >= 11 is 6.47. The predicted molar refractivity (Wildman–Crippen MR) is 145 cm³/mol. The van der Waals surface area contributed by atoms with Gasteiger partial charge in [-0.25, -0.2) is 4.98 Å². The van der Waals surface area contributed by atoms with Gasteiger partial charge in [0.15, 0.2) is 0 Å². The van der Waals surface area contributed by atoms with Gasteiger partial charge in [0.1, 0.15) is 5.82 Å². The van der Waals surface area contributed by atoms with Crippen LogP contribution < -0.4 is 10.2 Å². The molecule has 220 valence electrons. The fourth-order valence-corrected chi connectivity index (χ4v) is 5.19. The van der Waals surface area contributed by atoms with Gasteiger partial charge in [-0.05, 0) is 69.0 Å². The zero-order valence-corrected chi connectivity index (χ0v) is 23.1. The molecule has 1 fully saturated rings. The Balaban J connectivity index is 1.78. The molecule has 0 unspecified atom stereocenters. The van der Waals surface area contributed by atoms with Crippen LogP contribution in [0.1, 0.15) is 49.8 Å². The second-order valence-electron chi connectivity index (χ2n) is 10.6. The van der Waals surface area contributed by atoms with Gasteiger partial charge in [-0.1, -0.05) is 29.8 Å². The van der Waals surface area contributed by atoms with Crippen LogP contribution in [0.5, 0.6) is 0 Å². The number of aliphatic hydroxyl groups excluding tert-OH is 1. The first kappa shape index (κ1) is 30.6. The maximum Gasteiger partial charge on any atom is 0.416 e. The molecule has 2 N–H and O–H groups in total. The van der Waals surface area contributed by atoms with Crippen LogP contribution in [0.25, 0.3) is 11.1 Å². The minimum absolute atomic E-state index is 0.0280. The highest BCUT2D eigenvalue weighted by Gasteiger charge is 2.41. The molecule has 41 heavy (non-hydrogen) atoms. The number of hydrogen-bond donors (Lipinski definition) is 2. The van der Waals surface area contributed by atoms with E-state index >= 15 is 0 Å². The molecule has 2 atom stereocenters. The quantitative estimate of drug-likeness (QED) is 0.285. The van der Waals surface area contributed by atoms with Crippen LogP contribution in [0.3, 0.4) is 0 Å². The Morgan fingerprint density at radius 2 is 1.54 bits per heavy atom. The number of carbonyl (C=O) groups is 1. The van der Waals surface area contributed by atoms with Gasteiger partial charge in [0.05, 0.1) is 40.6 Å². The molecule has 0 bridgehead atoms. The van der Waals surface area contributed by atoms with Gasteiger partial charge in [-0.2, -0.15) is 26.3 Å². The summed E-state index contributed by atoms with van der Waals surface area (Å²) in [4.78, 5) is 19.3. The number of nitrogens with one attached hydrogen (secondary N) is 1. The van der Waals surface area contributed by atoms with Crippen molar-refractivity contribution in [3.05, 3.63) is 76.4 Å². The van der Waals surface area contributed by atoms with Crippen LogP contribution in [0.4, 0.5) is 37.8 Å². The lowest BCUT2D eigenvalue weighted by Gasteiger charge is -2.32. The molecule has 0 saturated heterocycles. The monoisotopic (exact) mass is 599 g/mol. The summed E-state index contributed by atoms with van der Waals surface area (Å²) in [5, 5.41) is 13.8. The minimum atomic E-state index is -5.06. The lowest BCUT2D eigenvalue weighted by Crippen LogP contribution is -2.42. The van der Waals surface area contributed by atoms with Crippen molar-refractivity contribution in [1.82, 2.24) is 4.98 Å². The molecule has 1 aliphatic rings. The topological polar surface area (TPSA) is 65.5 Å². The lowest BCUT2D eigenvalue weighted by atomic mass is 9.81. The van der Waals surface area contributed by atoms with E-state index in [9.17, 15) is 36.2 Å².